The van der Waals surface area contributed by atoms with Crippen LogP contribution in [0.5, 0.6) is 5.75 Å². The van der Waals surface area contributed by atoms with Gasteiger partial charge in [0.25, 0.3) is 0 Å². The molecule has 0 aromatic heterocycles. The van der Waals surface area contributed by atoms with Crippen molar-refractivity contribution in [1.82, 2.24) is 0 Å². The number of hydrogen-bond donors (Lipinski definition) is 1. The molecule has 0 heterocycles. The molecule has 0 aliphatic rings. The maximum Gasteiger partial charge on any atom is 1.00 e. The van der Waals surface area contributed by atoms with Gasteiger partial charge in [0.05, 0.1) is 0 Å². The first-order chi connectivity index (χ1) is 7.36. The zero-order valence-corrected chi connectivity index (χ0v) is 12.4. The quantitative estimate of drug-likeness (QED) is 0.600. The molecule has 0 aliphatic heterocycles. The minimum absolute atomic E-state index is 0. The largest absolute Gasteiger partial charge is 1.00 e. The molecule has 2 rings (SSSR count). The van der Waals surface area contributed by atoms with Crippen LogP contribution >= 0.6 is 0 Å². The van der Waals surface area contributed by atoms with Crippen molar-refractivity contribution in [2.45, 2.75) is 0 Å². The van der Waals surface area contributed by atoms with Gasteiger partial charge >= 0.3 is 51.4 Å². The van der Waals surface area contributed by atoms with E-state index < -0.39 is 0 Å². The molecule has 76 valence electrons. The van der Waals surface area contributed by atoms with Crippen LogP contribution < -0.4 is 51.4 Å². The van der Waals surface area contributed by atoms with Gasteiger partial charge in [-0.1, -0.05) is 60.7 Å². The molecule has 0 spiro atoms. The molecule has 0 aliphatic carbocycles. The Morgan fingerprint density at radius 2 is 1.44 bits per heavy atom. The molecule has 0 saturated carbocycles. The fourth-order valence-corrected chi connectivity index (χ4v) is 1.38. The number of aromatic hydroxyl groups is 1. The number of hydrogen-bond acceptors (Lipinski definition) is 1. The summed E-state index contributed by atoms with van der Waals surface area (Å²) in [7, 11) is 0. The van der Waals surface area contributed by atoms with E-state index in [1.54, 1.807) is 6.07 Å². The van der Waals surface area contributed by atoms with Crippen LogP contribution in [0, 0.1) is 0 Å². The van der Waals surface area contributed by atoms with Crippen LogP contribution in [0.2, 0.25) is 0 Å². The second kappa shape index (κ2) is 7.04. The third kappa shape index (κ3) is 3.89. The van der Waals surface area contributed by atoms with Gasteiger partial charge in [0.1, 0.15) is 5.75 Å². The van der Waals surface area contributed by atoms with Crippen molar-refractivity contribution in [3.8, 4) is 5.75 Å². The minimum Gasteiger partial charge on any atom is -1.00 e. The van der Waals surface area contributed by atoms with Gasteiger partial charge in [-0.15, -0.1) is 0 Å². The van der Waals surface area contributed by atoms with E-state index >= 15 is 0 Å². The topological polar surface area (TPSA) is 20.2 Å². The number of para-hydroxylation sites is 1. The fraction of sp³-hybridized carbons (Fsp3) is 0. The van der Waals surface area contributed by atoms with E-state index in [1.807, 2.05) is 60.7 Å². The SMILES string of the molecule is Oc1ccccc1C=Cc1ccccc1.[H-].[K+]. The van der Waals surface area contributed by atoms with Crippen LogP contribution in [-0.2, 0) is 0 Å². The maximum atomic E-state index is 9.54. The Hall–Kier alpha value is -0.384. The molecule has 0 bridgehead atoms. The summed E-state index contributed by atoms with van der Waals surface area (Å²) in [6, 6.07) is 17.3. The Kier molecular flexibility index (Phi) is 6.02. The molecule has 1 nitrogen and oxygen atoms in total. The fourth-order valence-electron chi connectivity index (χ4n) is 1.38. The predicted molar refractivity (Wildman–Crippen MR) is 64.6 cm³/mol. The summed E-state index contributed by atoms with van der Waals surface area (Å²) in [5.74, 6) is 0.310. The van der Waals surface area contributed by atoms with Gasteiger partial charge in [0.15, 0.2) is 0 Å². The maximum absolute atomic E-state index is 9.54. The van der Waals surface area contributed by atoms with Crippen molar-refractivity contribution in [2.75, 3.05) is 0 Å². The molecule has 2 aromatic rings. The third-order valence-corrected chi connectivity index (χ3v) is 2.19. The Morgan fingerprint density at radius 1 is 0.812 bits per heavy atom. The molecule has 0 amide bonds. The summed E-state index contributed by atoms with van der Waals surface area (Å²) in [5, 5.41) is 9.54. The normalized spacial score (nSPS) is 10.0. The van der Waals surface area contributed by atoms with Crippen LogP contribution in [0.4, 0.5) is 0 Å². The summed E-state index contributed by atoms with van der Waals surface area (Å²) in [4.78, 5) is 0. The van der Waals surface area contributed by atoms with Gasteiger partial charge in [0.2, 0.25) is 0 Å². The molecule has 2 aromatic carbocycles. The third-order valence-electron chi connectivity index (χ3n) is 2.19. The molecule has 16 heavy (non-hydrogen) atoms. The number of benzene rings is 2. The molecule has 0 saturated heterocycles. The molecule has 0 atom stereocenters. The second-order valence-electron chi connectivity index (χ2n) is 3.30. The Bertz CT molecular complexity index is 469. The van der Waals surface area contributed by atoms with Crippen molar-refractivity contribution >= 4 is 12.2 Å². The molecule has 0 fully saturated rings. The van der Waals surface area contributed by atoms with Crippen molar-refractivity contribution in [3.05, 3.63) is 65.7 Å². The molecule has 2 heteroatoms. The summed E-state index contributed by atoms with van der Waals surface area (Å²) in [5.41, 5.74) is 1.96. The Labute approximate surface area is 140 Å². The number of rotatable bonds is 2. The van der Waals surface area contributed by atoms with E-state index in [0.29, 0.717) is 5.75 Å². The molecule has 0 radical (unpaired) electrons. The average Bonchev–Trinajstić information content (AvgIpc) is 2.29. The first-order valence-electron chi connectivity index (χ1n) is 4.87. The van der Waals surface area contributed by atoms with Gasteiger partial charge in [-0.05, 0) is 11.6 Å². The Balaban J connectivity index is 0.00000128. The zero-order chi connectivity index (χ0) is 10.5. The Morgan fingerprint density at radius 3 is 2.12 bits per heavy atom. The summed E-state index contributed by atoms with van der Waals surface area (Å²) < 4.78 is 0. The van der Waals surface area contributed by atoms with Crippen LogP contribution in [0.15, 0.2) is 54.6 Å². The van der Waals surface area contributed by atoms with Crippen molar-refractivity contribution in [3.63, 3.8) is 0 Å². The summed E-state index contributed by atoms with van der Waals surface area (Å²) in [6.07, 6.45) is 3.89. The van der Waals surface area contributed by atoms with Crippen LogP contribution in [-0.4, -0.2) is 5.11 Å². The number of phenols is 1. The molecule has 0 unspecified atom stereocenters. The van der Waals surface area contributed by atoms with Crippen molar-refractivity contribution < 1.29 is 57.9 Å². The smallest absolute Gasteiger partial charge is 1.00 e. The van der Waals surface area contributed by atoms with Crippen LogP contribution in [0.3, 0.4) is 0 Å². The van der Waals surface area contributed by atoms with E-state index in [9.17, 15) is 5.11 Å². The monoisotopic (exact) mass is 236 g/mol. The van der Waals surface area contributed by atoms with E-state index in [4.69, 9.17) is 0 Å². The summed E-state index contributed by atoms with van der Waals surface area (Å²) >= 11 is 0. The average molecular weight is 236 g/mol. The first kappa shape index (κ1) is 13.7. The van der Waals surface area contributed by atoms with Gasteiger partial charge in [-0.25, -0.2) is 0 Å². The van der Waals surface area contributed by atoms with Gasteiger partial charge < -0.3 is 6.53 Å². The van der Waals surface area contributed by atoms with Crippen LogP contribution in [0.1, 0.15) is 12.6 Å². The van der Waals surface area contributed by atoms with E-state index in [2.05, 4.69) is 0 Å². The summed E-state index contributed by atoms with van der Waals surface area (Å²) in [6.45, 7) is 0. The van der Waals surface area contributed by atoms with Crippen molar-refractivity contribution in [1.29, 1.82) is 0 Å². The second-order valence-corrected chi connectivity index (χ2v) is 3.30. The van der Waals surface area contributed by atoms with Gasteiger partial charge in [-0.2, -0.15) is 0 Å². The van der Waals surface area contributed by atoms with E-state index in [1.165, 1.54) is 0 Å². The first-order valence-corrected chi connectivity index (χ1v) is 4.87. The van der Waals surface area contributed by atoms with E-state index in [0.717, 1.165) is 11.1 Å². The van der Waals surface area contributed by atoms with Crippen LogP contribution in [0.25, 0.3) is 12.2 Å². The van der Waals surface area contributed by atoms with Crippen molar-refractivity contribution in [2.24, 2.45) is 0 Å². The van der Waals surface area contributed by atoms with E-state index in [-0.39, 0.29) is 52.8 Å². The van der Waals surface area contributed by atoms with Gasteiger partial charge in [0, 0.05) is 5.56 Å². The van der Waals surface area contributed by atoms with Gasteiger partial charge in [-0.3, -0.25) is 0 Å². The molecule has 1 N–H and O–H groups in total. The standard InChI is InChI=1S/C14H12O.K.H/c15-14-9-5-4-8-13(14)11-10-12-6-2-1-3-7-12;;/h1-11,15H;;/q;+1;-1. The molecular formula is C14H13KO. The minimum atomic E-state index is 0. The molecular weight excluding hydrogens is 223 g/mol. The predicted octanol–water partition coefficient (Wildman–Crippen LogP) is 0.679. The zero-order valence-electron chi connectivity index (χ0n) is 10.3. The number of phenolic OH excluding ortho intramolecular Hbond substituents is 1.